The van der Waals surface area contributed by atoms with E-state index in [-0.39, 0.29) is 40.0 Å². The highest BCUT2D eigenvalue weighted by Crippen LogP contribution is 2.41. The number of ether oxygens (including phenoxy) is 2. The van der Waals surface area contributed by atoms with Crippen molar-refractivity contribution < 1.29 is 58.2 Å². The van der Waals surface area contributed by atoms with Crippen molar-refractivity contribution in [2.45, 2.75) is 70.8 Å². The molecule has 1 saturated heterocycles. The molecule has 4 nitrogen and oxygen atoms in total. The fraction of sp³-hybridized carbons (Fsp3) is 0.387. The minimum absolute atomic E-state index is 0.00627. The topological polar surface area (TPSA) is 38.8 Å². The summed E-state index contributed by atoms with van der Waals surface area (Å²) in [4.78, 5) is 13.8. The summed E-state index contributed by atoms with van der Waals surface area (Å²) >= 11 is 0. The molecule has 2 atom stereocenters. The summed E-state index contributed by atoms with van der Waals surface area (Å²) in [6.07, 6.45) is -17.5. The molecule has 2 aromatic rings. The number of cyclic esters (lactones) is 1. The number of alkyl halides is 9. The number of benzene rings is 2. The van der Waals surface area contributed by atoms with E-state index in [2.05, 4.69) is 6.58 Å². The standard InChI is InChI=1S/C31H29F10NO3/c1-15(2)23-12-24(26(44-6)13-25(23)32)22-8-7-20(30(36,37)38)11-19(22)14-42-18(5)27(45-28(42)43)16(3)9-21(31(39,40)41)10-17(4)29(33,34)35/h7-13,15,18,27H,3,14H2,1-2,4-6H3/b17-10+,21-9+/t18-,27+/m0/s1. The minimum atomic E-state index is -5.23. The Morgan fingerprint density at radius 2 is 1.62 bits per heavy atom. The molecule has 0 spiro atoms. The van der Waals surface area contributed by atoms with Gasteiger partial charge >= 0.3 is 24.6 Å². The summed E-state index contributed by atoms with van der Waals surface area (Å²) in [7, 11) is 1.24. The lowest BCUT2D eigenvalue weighted by atomic mass is 9.92. The third-order valence-corrected chi connectivity index (χ3v) is 7.25. The van der Waals surface area contributed by atoms with Gasteiger partial charge in [-0.25, -0.2) is 9.18 Å². The molecule has 1 heterocycles. The van der Waals surface area contributed by atoms with Gasteiger partial charge < -0.3 is 9.47 Å². The summed E-state index contributed by atoms with van der Waals surface area (Å²) < 4.78 is 146. The van der Waals surface area contributed by atoms with Crippen molar-refractivity contribution in [3.05, 3.63) is 88.3 Å². The molecule has 0 radical (unpaired) electrons. The lowest BCUT2D eigenvalue weighted by Gasteiger charge is -2.24. The van der Waals surface area contributed by atoms with Crippen LogP contribution in [0.2, 0.25) is 0 Å². The van der Waals surface area contributed by atoms with E-state index in [1.807, 2.05) is 0 Å². The summed E-state index contributed by atoms with van der Waals surface area (Å²) in [5.41, 5.74) is -4.27. The van der Waals surface area contributed by atoms with Crippen LogP contribution in [0, 0.1) is 5.82 Å². The summed E-state index contributed by atoms with van der Waals surface area (Å²) in [5, 5.41) is 0. The maximum absolute atomic E-state index is 14.7. The van der Waals surface area contributed by atoms with Crippen LogP contribution >= 0.6 is 0 Å². The van der Waals surface area contributed by atoms with Gasteiger partial charge in [-0.2, -0.15) is 39.5 Å². The highest BCUT2D eigenvalue weighted by atomic mass is 19.4. The Morgan fingerprint density at radius 1 is 1.00 bits per heavy atom. The van der Waals surface area contributed by atoms with E-state index in [4.69, 9.17) is 9.47 Å². The smallest absolute Gasteiger partial charge is 0.416 e. The van der Waals surface area contributed by atoms with Crippen LogP contribution < -0.4 is 4.74 Å². The Morgan fingerprint density at radius 3 is 2.13 bits per heavy atom. The van der Waals surface area contributed by atoms with Crippen molar-refractivity contribution in [3.63, 3.8) is 0 Å². The molecule has 0 N–H and O–H groups in total. The lowest BCUT2D eigenvalue weighted by molar-refractivity contribution is -0.137. The molecule has 1 fully saturated rings. The van der Waals surface area contributed by atoms with Crippen molar-refractivity contribution in [3.8, 4) is 16.9 Å². The zero-order chi connectivity index (χ0) is 34.2. The SMILES string of the molecule is C=C(/C=C(\C=C(/C)C(F)(F)F)C(F)(F)F)[C@H]1OC(=O)N(Cc2cc(C(F)(F)F)ccc2-c2cc(C(C)C)c(F)cc2OC)[C@H]1C. The zero-order valence-corrected chi connectivity index (χ0v) is 24.6. The number of carbonyl (C=O) groups excluding carboxylic acids is 1. The quantitative estimate of drug-likeness (QED) is 0.210. The summed E-state index contributed by atoms with van der Waals surface area (Å²) in [6.45, 7) is 8.12. The average Bonchev–Trinajstić information content (AvgIpc) is 3.19. The minimum Gasteiger partial charge on any atom is -0.496 e. The Bertz CT molecular complexity index is 1520. The molecule has 0 unspecified atom stereocenters. The molecule has 1 aliphatic heterocycles. The second-order valence-electron chi connectivity index (χ2n) is 10.8. The van der Waals surface area contributed by atoms with Gasteiger partial charge in [-0.05, 0) is 72.4 Å². The van der Waals surface area contributed by atoms with Gasteiger partial charge in [0.1, 0.15) is 17.7 Å². The molecule has 1 amide bonds. The molecule has 246 valence electrons. The van der Waals surface area contributed by atoms with Gasteiger partial charge in [0.15, 0.2) is 0 Å². The molecular formula is C31H29F10NO3. The predicted molar refractivity (Wildman–Crippen MR) is 146 cm³/mol. The maximum atomic E-state index is 14.7. The first-order valence-corrected chi connectivity index (χ1v) is 13.3. The number of methoxy groups -OCH3 is 1. The number of halogens is 10. The van der Waals surface area contributed by atoms with E-state index in [0.29, 0.717) is 13.0 Å². The predicted octanol–water partition coefficient (Wildman–Crippen LogP) is 9.91. The molecule has 2 aromatic carbocycles. The van der Waals surface area contributed by atoms with Gasteiger partial charge in [-0.3, -0.25) is 4.90 Å². The summed E-state index contributed by atoms with van der Waals surface area (Å²) in [5.74, 6) is -0.936. The summed E-state index contributed by atoms with van der Waals surface area (Å²) in [6, 6.07) is 4.09. The Kier molecular flexibility index (Phi) is 10.1. The molecule has 0 aromatic heterocycles. The second-order valence-corrected chi connectivity index (χ2v) is 10.8. The molecular weight excluding hydrogens is 624 g/mol. The van der Waals surface area contributed by atoms with E-state index < -0.39 is 71.4 Å². The van der Waals surface area contributed by atoms with Crippen LogP contribution in [0.1, 0.15) is 50.3 Å². The van der Waals surface area contributed by atoms with E-state index in [9.17, 15) is 48.7 Å². The molecule has 0 bridgehead atoms. The van der Waals surface area contributed by atoms with E-state index in [1.54, 1.807) is 13.8 Å². The number of allylic oxidation sites excluding steroid dienone is 3. The number of rotatable bonds is 8. The van der Waals surface area contributed by atoms with Gasteiger partial charge in [0.2, 0.25) is 0 Å². The lowest BCUT2D eigenvalue weighted by Crippen LogP contribution is -2.34. The second kappa shape index (κ2) is 12.8. The number of nitrogens with zero attached hydrogens (tertiary/aromatic N) is 1. The first kappa shape index (κ1) is 35.5. The van der Waals surface area contributed by atoms with Crippen molar-refractivity contribution in [1.29, 1.82) is 0 Å². The van der Waals surface area contributed by atoms with Crippen molar-refractivity contribution in [2.75, 3.05) is 7.11 Å². The van der Waals surface area contributed by atoms with E-state index >= 15 is 0 Å². The van der Waals surface area contributed by atoms with Gasteiger partial charge in [0.05, 0.1) is 30.8 Å². The van der Waals surface area contributed by atoms with Gasteiger partial charge in [-0.1, -0.05) is 26.5 Å². The Hall–Kier alpha value is -3.97. The first-order valence-electron chi connectivity index (χ1n) is 13.3. The highest BCUT2D eigenvalue weighted by Gasteiger charge is 2.42. The number of amides is 1. The van der Waals surface area contributed by atoms with Crippen LogP contribution in [-0.2, 0) is 17.5 Å². The van der Waals surface area contributed by atoms with Gasteiger partial charge in [0, 0.05) is 17.2 Å². The van der Waals surface area contributed by atoms with Crippen molar-refractivity contribution in [2.24, 2.45) is 0 Å². The van der Waals surface area contributed by atoms with Crippen LogP contribution in [0.4, 0.5) is 48.7 Å². The zero-order valence-electron chi connectivity index (χ0n) is 24.6. The average molecular weight is 654 g/mol. The Balaban J connectivity index is 2.08. The fourth-order valence-electron chi connectivity index (χ4n) is 4.74. The number of carbonyl (C=O) groups is 1. The number of hydrogen-bond donors (Lipinski definition) is 0. The van der Waals surface area contributed by atoms with E-state index in [0.717, 1.165) is 29.2 Å². The molecule has 0 saturated carbocycles. The third kappa shape index (κ3) is 8.01. The third-order valence-electron chi connectivity index (χ3n) is 7.25. The van der Waals surface area contributed by atoms with Crippen LogP contribution in [0.5, 0.6) is 5.75 Å². The molecule has 3 rings (SSSR count). The van der Waals surface area contributed by atoms with Crippen LogP contribution in [0.15, 0.2) is 65.8 Å². The maximum Gasteiger partial charge on any atom is 0.416 e. The van der Waals surface area contributed by atoms with Crippen LogP contribution in [0.25, 0.3) is 11.1 Å². The largest absolute Gasteiger partial charge is 0.496 e. The number of hydrogen-bond acceptors (Lipinski definition) is 3. The first-order chi connectivity index (χ1) is 20.6. The monoisotopic (exact) mass is 653 g/mol. The highest BCUT2D eigenvalue weighted by molar-refractivity contribution is 5.77. The molecule has 14 heteroatoms. The Labute approximate surface area is 252 Å². The van der Waals surface area contributed by atoms with Crippen LogP contribution in [-0.4, -0.2) is 42.6 Å². The van der Waals surface area contributed by atoms with Gasteiger partial charge in [0.25, 0.3) is 0 Å². The van der Waals surface area contributed by atoms with Gasteiger partial charge in [-0.15, -0.1) is 0 Å². The van der Waals surface area contributed by atoms with Crippen molar-refractivity contribution in [1.82, 2.24) is 4.90 Å². The van der Waals surface area contributed by atoms with Crippen LogP contribution in [0.3, 0.4) is 0 Å². The van der Waals surface area contributed by atoms with E-state index in [1.165, 1.54) is 20.1 Å². The molecule has 1 aliphatic rings. The molecule has 45 heavy (non-hydrogen) atoms. The molecule has 0 aliphatic carbocycles. The van der Waals surface area contributed by atoms with Crippen molar-refractivity contribution >= 4 is 6.09 Å². The normalized spacial score (nSPS) is 18.5. The fourth-order valence-corrected chi connectivity index (χ4v) is 4.74.